The van der Waals surface area contributed by atoms with Crippen LogP contribution >= 0.6 is 35.2 Å². The molecule has 0 radical (unpaired) electrons. The zero-order chi connectivity index (χ0) is 14.4. The Morgan fingerprint density at radius 2 is 2.00 bits per heavy atom. The van der Waals surface area contributed by atoms with E-state index in [0.29, 0.717) is 20.9 Å². The van der Waals surface area contributed by atoms with E-state index in [0.717, 1.165) is 15.3 Å². The van der Waals surface area contributed by atoms with Gasteiger partial charge in [-0.2, -0.15) is 0 Å². The number of aromatic nitrogens is 2. The number of aromatic amines is 1. The molecule has 2 heterocycles. The van der Waals surface area contributed by atoms with Gasteiger partial charge in [0.25, 0.3) is 5.56 Å². The van der Waals surface area contributed by atoms with Crippen LogP contribution in [0.25, 0.3) is 15.9 Å². The van der Waals surface area contributed by atoms with Gasteiger partial charge in [-0.3, -0.25) is 9.36 Å². The highest BCUT2D eigenvalue weighted by atomic mass is 35.5. The second-order valence-corrected chi connectivity index (χ2v) is 6.53. The number of thiophene rings is 1. The summed E-state index contributed by atoms with van der Waals surface area (Å²) in [6.07, 6.45) is 0. The number of halogens is 1. The molecule has 20 heavy (non-hydrogen) atoms. The van der Waals surface area contributed by atoms with Crippen LogP contribution in [0.2, 0.25) is 5.02 Å². The topological polar surface area (TPSA) is 37.8 Å². The molecule has 6 heteroatoms. The molecule has 0 aliphatic rings. The molecule has 0 atom stereocenters. The maximum atomic E-state index is 12.8. The smallest absolute Gasteiger partial charge is 0.267 e. The van der Waals surface area contributed by atoms with E-state index in [1.807, 2.05) is 26.0 Å². The molecule has 3 rings (SSSR count). The van der Waals surface area contributed by atoms with Gasteiger partial charge in [-0.15, -0.1) is 11.3 Å². The number of H-pyrrole nitrogens is 1. The Morgan fingerprint density at radius 1 is 1.30 bits per heavy atom. The first-order valence-electron chi connectivity index (χ1n) is 6.00. The second kappa shape index (κ2) is 4.84. The lowest BCUT2D eigenvalue weighted by atomic mass is 10.2. The van der Waals surface area contributed by atoms with Crippen molar-refractivity contribution in [2.45, 2.75) is 13.8 Å². The second-order valence-electron chi connectivity index (χ2n) is 4.51. The van der Waals surface area contributed by atoms with Crippen LogP contribution in [0.15, 0.2) is 29.1 Å². The van der Waals surface area contributed by atoms with Crippen molar-refractivity contribution in [1.29, 1.82) is 0 Å². The monoisotopic (exact) mass is 322 g/mol. The molecule has 0 amide bonds. The SMILES string of the molecule is Cc1sc2[nH]c(=S)n(-c3ccccc3Cl)c(=O)c2c1C. The number of hydrogen-bond acceptors (Lipinski definition) is 3. The van der Waals surface area contributed by atoms with Gasteiger partial charge in [0.1, 0.15) is 4.83 Å². The van der Waals surface area contributed by atoms with Gasteiger partial charge in [-0.25, -0.2) is 0 Å². The van der Waals surface area contributed by atoms with Crippen molar-refractivity contribution in [1.82, 2.24) is 9.55 Å². The molecule has 1 aromatic carbocycles. The van der Waals surface area contributed by atoms with Crippen molar-refractivity contribution < 1.29 is 0 Å². The van der Waals surface area contributed by atoms with Crippen molar-refractivity contribution in [3.05, 3.63) is 54.9 Å². The summed E-state index contributed by atoms with van der Waals surface area (Å²) >= 11 is 13.0. The van der Waals surface area contributed by atoms with E-state index in [-0.39, 0.29) is 5.56 Å². The average molecular weight is 323 g/mol. The number of aryl methyl sites for hydroxylation is 2. The van der Waals surface area contributed by atoms with Gasteiger partial charge < -0.3 is 4.98 Å². The molecule has 0 bridgehead atoms. The number of fused-ring (bicyclic) bond motifs is 1. The van der Waals surface area contributed by atoms with Gasteiger partial charge in [0, 0.05) is 4.88 Å². The van der Waals surface area contributed by atoms with Gasteiger partial charge in [0.15, 0.2) is 4.77 Å². The van der Waals surface area contributed by atoms with Gasteiger partial charge >= 0.3 is 0 Å². The Hall–Kier alpha value is -1.43. The summed E-state index contributed by atoms with van der Waals surface area (Å²) in [6, 6.07) is 7.18. The van der Waals surface area contributed by atoms with E-state index in [9.17, 15) is 4.79 Å². The lowest BCUT2D eigenvalue weighted by molar-refractivity contribution is 0.942. The fourth-order valence-corrected chi connectivity index (χ4v) is 3.80. The molecule has 2 aromatic heterocycles. The van der Waals surface area contributed by atoms with Crippen LogP contribution in [0.1, 0.15) is 10.4 Å². The van der Waals surface area contributed by atoms with E-state index >= 15 is 0 Å². The number of nitrogens with one attached hydrogen (secondary N) is 1. The number of benzene rings is 1. The molecule has 0 saturated carbocycles. The zero-order valence-corrected chi connectivity index (χ0v) is 13.2. The first-order valence-corrected chi connectivity index (χ1v) is 7.61. The van der Waals surface area contributed by atoms with Crippen molar-refractivity contribution in [2.75, 3.05) is 0 Å². The Kier molecular flexibility index (Phi) is 3.28. The Morgan fingerprint density at radius 3 is 2.70 bits per heavy atom. The van der Waals surface area contributed by atoms with Crippen LogP contribution in [0, 0.1) is 18.6 Å². The highest BCUT2D eigenvalue weighted by molar-refractivity contribution is 7.71. The Labute approximate surface area is 129 Å². The predicted molar refractivity (Wildman–Crippen MR) is 87.1 cm³/mol. The summed E-state index contributed by atoms with van der Waals surface area (Å²) in [5, 5.41) is 1.18. The van der Waals surface area contributed by atoms with Crippen LogP contribution < -0.4 is 5.56 Å². The van der Waals surface area contributed by atoms with Crippen LogP contribution in [0.4, 0.5) is 0 Å². The first kappa shape index (κ1) is 13.5. The van der Waals surface area contributed by atoms with Gasteiger partial charge in [0.05, 0.1) is 16.1 Å². The molecular weight excluding hydrogens is 312 g/mol. The van der Waals surface area contributed by atoms with E-state index < -0.39 is 0 Å². The standard InChI is InChI=1S/C14H11ClN2OS2/c1-7-8(2)20-12-11(7)13(18)17(14(19)16-12)10-6-4-3-5-9(10)15/h3-6H,1-2H3,(H,16,19). The van der Waals surface area contributed by atoms with Crippen molar-refractivity contribution in [3.63, 3.8) is 0 Å². The van der Waals surface area contributed by atoms with E-state index in [1.54, 1.807) is 23.5 Å². The number of rotatable bonds is 1. The minimum atomic E-state index is -0.126. The number of nitrogens with zero attached hydrogens (tertiary/aromatic N) is 1. The van der Waals surface area contributed by atoms with Crippen LogP contribution in [-0.2, 0) is 0 Å². The molecule has 0 unspecified atom stereocenters. The summed E-state index contributed by atoms with van der Waals surface area (Å²) in [7, 11) is 0. The molecule has 3 nitrogen and oxygen atoms in total. The van der Waals surface area contributed by atoms with Crippen molar-refractivity contribution in [3.8, 4) is 5.69 Å². The number of hydrogen-bond donors (Lipinski definition) is 1. The molecule has 0 aliphatic carbocycles. The predicted octanol–water partition coefficient (Wildman–Crippen LogP) is 4.38. The minimum absolute atomic E-state index is 0.126. The third-order valence-electron chi connectivity index (χ3n) is 3.32. The Bertz CT molecular complexity index is 936. The molecule has 0 spiro atoms. The van der Waals surface area contributed by atoms with Crippen LogP contribution in [-0.4, -0.2) is 9.55 Å². The summed E-state index contributed by atoms with van der Waals surface area (Å²) in [4.78, 5) is 17.8. The summed E-state index contributed by atoms with van der Waals surface area (Å²) in [5.74, 6) is 0. The van der Waals surface area contributed by atoms with Crippen LogP contribution in [0.3, 0.4) is 0 Å². The molecule has 0 fully saturated rings. The molecule has 102 valence electrons. The number of para-hydroxylation sites is 1. The summed E-state index contributed by atoms with van der Waals surface area (Å²) in [6.45, 7) is 3.94. The van der Waals surface area contributed by atoms with Gasteiger partial charge in [-0.05, 0) is 43.8 Å². The first-order chi connectivity index (χ1) is 9.50. The molecule has 3 aromatic rings. The van der Waals surface area contributed by atoms with Crippen LogP contribution in [0.5, 0.6) is 0 Å². The van der Waals surface area contributed by atoms with Crippen molar-refractivity contribution >= 4 is 45.4 Å². The highest BCUT2D eigenvalue weighted by Crippen LogP contribution is 2.27. The molecule has 0 saturated heterocycles. The maximum Gasteiger partial charge on any atom is 0.267 e. The van der Waals surface area contributed by atoms with Gasteiger partial charge in [-0.1, -0.05) is 23.7 Å². The van der Waals surface area contributed by atoms with E-state index in [4.69, 9.17) is 23.8 Å². The van der Waals surface area contributed by atoms with E-state index in [1.165, 1.54) is 4.57 Å². The molecular formula is C14H11ClN2OS2. The normalized spacial score (nSPS) is 11.2. The lowest BCUT2D eigenvalue weighted by Crippen LogP contribution is -2.20. The third-order valence-corrected chi connectivity index (χ3v) is 5.05. The zero-order valence-electron chi connectivity index (χ0n) is 10.9. The van der Waals surface area contributed by atoms with E-state index in [2.05, 4.69) is 4.98 Å². The summed E-state index contributed by atoms with van der Waals surface area (Å²) in [5.41, 5.74) is 1.46. The van der Waals surface area contributed by atoms with Gasteiger partial charge in [0.2, 0.25) is 0 Å². The highest BCUT2D eigenvalue weighted by Gasteiger charge is 2.14. The maximum absolute atomic E-state index is 12.8. The molecule has 1 N–H and O–H groups in total. The fourth-order valence-electron chi connectivity index (χ4n) is 2.18. The quantitative estimate of drug-likeness (QED) is 0.675. The van der Waals surface area contributed by atoms with Crippen molar-refractivity contribution in [2.24, 2.45) is 0 Å². The fraction of sp³-hybridized carbons (Fsp3) is 0.143. The summed E-state index contributed by atoms with van der Waals surface area (Å²) < 4.78 is 1.82. The molecule has 0 aliphatic heterocycles. The third kappa shape index (κ3) is 1.93. The average Bonchev–Trinajstić information content (AvgIpc) is 2.67. The largest absolute Gasteiger partial charge is 0.323 e. The minimum Gasteiger partial charge on any atom is -0.323 e. The lowest BCUT2D eigenvalue weighted by Gasteiger charge is -2.08. The Balaban J connectivity index is 2.50.